The fourth-order valence-corrected chi connectivity index (χ4v) is 5.59. The molecule has 3 heterocycles. The van der Waals surface area contributed by atoms with E-state index in [0.29, 0.717) is 0 Å². The molecule has 0 aromatic rings. The van der Waals surface area contributed by atoms with Gasteiger partial charge in [-0.15, -0.1) is 0 Å². The Balaban J connectivity index is 2.02. The van der Waals surface area contributed by atoms with E-state index in [1.54, 1.807) is 0 Å². The van der Waals surface area contributed by atoms with Gasteiger partial charge in [-0.05, 0) is 0 Å². The zero-order valence-electron chi connectivity index (χ0n) is 24.7. The number of nitrogens with one attached hydrogen (secondary N) is 2. The average Bonchev–Trinajstić information content (AvgIpc) is 3.00. The average molecular weight is 675 g/mol. The molecule has 16 atom stereocenters. The fraction of sp³-hybridized carbons (Fsp3) is 0.880. The van der Waals surface area contributed by atoms with Gasteiger partial charge in [0.2, 0.25) is 11.8 Å². The van der Waals surface area contributed by atoms with Gasteiger partial charge < -0.3 is 90.5 Å². The van der Waals surface area contributed by atoms with Crippen LogP contribution in [0.2, 0.25) is 0 Å². The van der Waals surface area contributed by atoms with Crippen LogP contribution >= 0.6 is 0 Å². The third kappa shape index (κ3) is 8.08. The summed E-state index contributed by atoms with van der Waals surface area (Å²) in [7, 11) is 0. The highest BCUT2D eigenvalue weighted by Gasteiger charge is 2.60. The number of aliphatic hydroxyl groups excluding tert-OH is 10. The lowest BCUT2D eigenvalue weighted by Crippen LogP contribution is -2.72. The van der Waals surface area contributed by atoms with E-state index in [1.807, 2.05) is 0 Å². The van der Waals surface area contributed by atoms with Crippen LogP contribution in [0.15, 0.2) is 0 Å². The smallest absolute Gasteiger partial charge is 0.364 e. The van der Waals surface area contributed by atoms with Crippen molar-refractivity contribution >= 4 is 17.8 Å². The molecule has 0 aromatic heterocycles. The molecule has 0 spiro atoms. The molecule has 13 N–H and O–H groups in total. The lowest BCUT2D eigenvalue weighted by molar-refractivity contribution is -0.382. The van der Waals surface area contributed by atoms with E-state index in [0.717, 1.165) is 13.8 Å². The van der Waals surface area contributed by atoms with Crippen molar-refractivity contribution in [3.63, 3.8) is 0 Å². The lowest BCUT2D eigenvalue weighted by atomic mass is 9.86. The van der Waals surface area contributed by atoms with E-state index in [9.17, 15) is 70.6 Å². The van der Waals surface area contributed by atoms with Gasteiger partial charge in [0, 0.05) is 20.3 Å². The minimum Gasteiger partial charge on any atom is -0.477 e. The number of amides is 2. The molecule has 21 nitrogen and oxygen atoms in total. The molecule has 3 rings (SSSR count). The van der Waals surface area contributed by atoms with Crippen molar-refractivity contribution in [2.45, 2.75) is 118 Å². The molecular formula is C25H42N2O19. The number of carboxylic acids is 1. The summed E-state index contributed by atoms with van der Waals surface area (Å²) in [5, 5.41) is 118. The van der Waals surface area contributed by atoms with Gasteiger partial charge in [-0.25, -0.2) is 4.79 Å². The molecule has 266 valence electrons. The van der Waals surface area contributed by atoms with Crippen molar-refractivity contribution in [3.05, 3.63) is 0 Å². The summed E-state index contributed by atoms with van der Waals surface area (Å²) < 4.78 is 27.3. The Morgan fingerprint density at radius 1 is 0.848 bits per heavy atom. The van der Waals surface area contributed by atoms with E-state index in [2.05, 4.69) is 10.6 Å². The normalized spacial score (nSPS) is 42.9. The molecule has 46 heavy (non-hydrogen) atoms. The second kappa shape index (κ2) is 15.8. The maximum atomic E-state index is 12.8. The third-order valence-electron chi connectivity index (χ3n) is 7.88. The molecule has 3 fully saturated rings. The van der Waals surface area contributed by atoms with Gasteiger partial charge in [-0.3, -0.25) is 9.59 Å². The number of hydrogen-bond donors (Lipinski definition) is 13. The van der Waals surface area contributed by atoms with Crippen LogP contribution < -0.4 is 10.6 Å². The first-order valence-corrected chi connectivity index (χ1v) is 14.2. The summed E-state index contributed by atoms with van der Waals surface area (Å²) in [5.41, 5.74) is 0. The highest BCUT2D eigenvalue weighted by atomic mass is 16.8. The van der Waals surface area contributed by atoms with Gasteiger partial charge in [0.05, 0.1) is 31.9 Å². The Hall–Kier alpha value is -2.19. The molecule has 0 radical (unpaired) electrons. The summed E-state index contributed by atoms with van der Waals surface area (Å²) >= 11 is 0. The maximum absolute atomic E-state index is 12.8. The van der Waals surface area contributed by atoms with E-state index < -0.39 is 142 Å². The molecule has 21 heteroatoms. The van der Waals surface area contributed by atoms with Crippen molar-refractivity contribution < 1.29 is 94.2 Å². The van der Waals surface area contributed by atoms with Crippen molar-refractivity contribution in [2.24, 2.45) is 0 Å². The highest BCUT2D eigenvalue weighted by molar-refractivity contribution is 5.78. The predicted octanol–water partition coefficient (Wildman–Crippen LogP) is -8.08. The van der Waals surface area contributed by atoms with Gasteiger partial charge in [-0.1, -0.05) is 0 Å². The van der Waals surface area contributed by atoms with Crippen LogP contribution in [0.1, 0.15) is 20.3 Å². The number of hydrogen-bond acceptors (Lipinski definition) is 18. The van der Waals surface area contributed by atoms with Crippen molar-refractivity contribution in [2.75, 3.05) is 19.8 Å². The molecule has 3 saturated heterocycles. The van der Waals surface area contributed by atoms with Crippen LogP contribution in [0.5, 0.6) is 0 Å². The van der Waals surface area contributed by atoms with Crippen LogP contribution in [0.3, 0.4) is 0 Å². The van der Waals surface area contributed by atoms with Crippen LogP contribution in [-0.4, -0.2) is 191 Å². The molecule has 3 aliphatic heterocycles. The monoisotopic (exact) mass is 674 g/mol. The predicted molar refractivity (Wildman–Crippen MR) is 142 cm³/mol. The number of aliphatic hydroxyl groups is 10. The van der Waals surface area contributed by atoms with Crippen LogP contribution in [0.25, 0.3) is 0 Å². The molecule has 0 bridgehead atoms. The highest BCUT2D eigenvalue weighted by Crippen LogP contribution is 2.38. The Kier molecular flexibility index (Phi) is 13.1. The maximum Gasteiger partial charge on any atom is 0.364 e. The lowest BCUT2D eigenvalue weighted by Gasteiger charge is -2.51. The minimum absolute atomic E-state index is 0.725. The summed E-state index contributed by atoms with van der Waals surface area (Å²) in [6.07, 6.45) is -25.9. The summed E-state index contributed by atoms with van der Waals surface area (Å²) in [5.74, 6) is -6.41. The molecule has 0 aromatic carbocycles. The first kappa shape index (κ1) is 38.3. The number of carbonyl (C=O) groups is 3. The van der Waals surface area contributed by atoms with Gasteiger partial charge >= 0.3 is 5.97 Å². The van der Waals surface area contributed by atoms with Crippen molar-refractivity contribution in [1.82, 2.24) is 10.6 Å². The number of aliphatic carboxylic acids is 1. The van der Waals surface area contributed by atoms with Crippen molar-refractivity contribution in [1.29, 1.82) is 0 Å². The Morgan fingerprint density at radius 2 is 1.46 bits per heavy atom. The molecule has 3 aliphatic rings. The molecular weight excluding hydrogens is 632 g/mol. The number of ether oxygens (including phenoxy) is 5. The SMILES string of the molecule is CC(=O)N[C@H]1[C@H]([C@H](O)[C@H](O)CO)O[C@@](O[C@H]2[C@@H](O)[C@@H](CO)O[C@@H](O[C@H]3[C@H](O)[C@@H](O)[C@H](O)O[C@@H]3CO)[C@@H]2O)(C(=O)O)C[C@@H]1NC(C)=O. The summed E-state index contributed by atoms with van der Waals surface area (Å²) in [6, 6.07) is -2.84. The quantitative estimate of drug-likeness (QED) is 0.0913. The zero-order chi connectivity index (χ0) is 34.7. The second-order valence-electron chi connectivity index (χ2n) is 11.2. The molecule has 2 amide bonds. The number of carbonyl (C=O) groups excluding carboxylic acids is 2. The number of rotatable bonds is 12. The van der Waals surface area contributed by atoms with E-state index in [-0.39, 0.29) is 0 Å². The molecule has 0 aliphatic carbocycles. The van der Waals surface area contributed by atoms with Crippen LogP contribution in [0.4, 0.5) is 0 Å². The first-order chi connectivity index (χ1) is 21.5. The van der Waals surface area contributed by atoms with E-state index in [1.165, 1.54) is 0 Å². The summed E-state index contributed by atoms with van der Waals surface area (Å²) in [6.45, 7) is -0.792. The fourth-order valence-electron chi connectivity index (χ4n) is 5.59. The van der Waals surface area contributed by atoms with Crippen LogP contribution in [0, 0.1) is 0 Å². The van der Waals surface area contributed by atoms with Gasteiger partial charge in [0.15, 0.2) is 12.6 Å². The van der Waals surface area contributed by atoms with Crippen LogP contribution in [-0.2, 0) is 38.1 Å². The largest absolute Gasteiger partial charge is 0.477 e. The Labute approximate surface area is 260 Å². The van der Waals surface area contributed by atoms with E-state index >= 15 is 0 Å². The Morgan fingerprint density at radius 3 is 1.98 bits per heavy atom. The summed E-state index contributed by atoms with van der Waals surface area (Å²) in [4.78, 5) is 36.9. The van der Waals surface area contributed by atoms with E-state index in [4.69, 9.17) is 23.7 Å². The zero-order valence-corrected chi connectivity index (χ0v) is 24.7. The molecule has 0 unspecified atom stereocenters. The van der Waals surface area contributed by atoms with Crippen molar-refractivity contribution in [3.8, 4) is 0 Å². The van der Waals surface area contributed by atoms with Gasteiger partial charge in [0.1, 0.15) is 67.1 Å². The minimum atomic E-state index is -3.00. The molecule has 0 saturated carbocycles. The first-order valence-electron chi connectivity index (χ1n) is 14.2. The standard InChI is InChI=1S/C25H42N2O19/c1-7(31)26-9-3-25(24(40)41,45-20(13(9)27-8(2)32)14(34)10(33)4-28)46-21-15(35)11(5-29)43-23(18(21)38)44-19-12(6-30)42-22(39)17(37)16(19)36/h9-23,28-30,33-39H,3-6H2,1-2H3,(H,26,31)(H,27,32)(H,40,41)/t9-,10+,11+,12+,13+,14+,15-,16+,17+,18+,19+,20+,21-,22+,23-,25-/m0/s1. The third-order valence-corrected chi connectivity index (χ3v) is 7.88. The Bertz CT molecular complexity index is 1050. The second-order valence-corrected chi connectivity index (χ2v) is 11.2. The number of carboxylic acid groups (broad SMARTS) is 1. The van der Waals surface area contributed by atoms with Gasteiger partial charge in [0.25, 0.3) is 5.79 Å². The van der Waals surface area contributed by atoms with Gasteiger partial charge in [-0.2, -0.15) is 0 Å². The topological polar surface area (TPSA) is 344 Å².